The molecular formula is C17H21N3. The Morgan fingerprint density at radius 2 is 2.10 bits per heavy atom. The molecule has 1 saturated carbocycles. The maximum absolute atomic E-state index is 4.52. The van der Waals surface area contributed by atoms with Gasteiger partial charge in [0.1, 0.15) is 12.1 Å². The van der Waals surface area contributed by atoms with Gasteiger partial charge in [0.2, 0.25) is 0 Å². The van der Waals surface area contributed by atoms with Crippen LogP contribution in [-0.4, -0.2) is 17.0 Å². The highest BCUT2D eigenvalue weighted by Gasteiger charge is 2.20. The highest BCUT2D eigenvalue weighted by Crippen LogP contribution is 2.38. The first-order valence-electron chi connectivity index (χ1n) is 7.45. The molecule has 1 heterocycles. The molecule has 2 aromatic rings. The molecule has 3 rings (SSSR count). The molecule has 3 nitrogen and oxygen atoms in total. The Morgan fingerprint density at radius 3 is 2.75 bits per heavy atom. The Labute approximate surface area is 120 Å². The molecule has 1 aromatic carbocycles. The van der Waals surface area contributed by atoms with Gasteiger partial charge in [-0.15, -0.1) is 0 Å². The molecule has 1 aliphatic carbocycles. The van der Waals surface area contributed by atoms with Gasteiger partial charge in [0.25, 0.3) is 0 Å². The van der Waals surface area contributed by atoms with Gasteiger partial charge in [-0.1, -0.05) is 31.5 Å². The minimum atomic E-state index is 0.755. The average molecular weight is 267 g/mol. The number of benzene rings is 1. The van der Waals surface area contributed by atoms with Crippen molar-refractivity contribution in [3.05, 3.63) is 41.7 Å². The third-order valence-corrected chi connectivity index (χ3v) is 4.27. The van der Waals surface area contributed by atoms with Crippen LogP contribution in [-0.2, 0) is 6.42 Å². The van der Waals surface area contributed by atoms with Gasteiger partial charge in [0, 0.05) is 18.2 Å². The van der Waals surface area contributed by atoms with Gasteiger partial charge in [-0.25, -0.2) is 9.97 Å². The monoisotopic (exact) mass is 267 g/mol. The Morgan fingerprint density at radius 1 is 1.25 bits per heavy atom. The molecule has 1 aliphatic rings. The minimum absolute atomic E-state index is 0.755. The lowest BCUT2D eigenvalue weighted by Gasteiger charge is -2.26. The molecule has 0 spiro atoms. The van der Waals surface area contributed by atoms with E-state index in [2.05, 4.69) is 46.5 Å². The van der Waals surface area contributed by atoms with Crippen molar-refractivity contribution < 1.29 is 0 Å². The molecule has 0 unspecified atom stereocenters. The first-order valence-corrected chi connectivity index (χ1v) is 7.45. The smallest absolute Gasteiger partial charge is 0.132 e. The molecule has 20 heavy (non-hydrogen) atoms. The summed E-state index contributed by atoms with van der Waals surface area (Å²) in [5.74, 6) is 1.69. The van der Waals surface area contributed by atoms with Crippen LogP contribution < -0.4 is 5.32 Å². The predicted octanol–water partition coefficient (Wildman–Crippen LogP) is 4.02. The molecule has 1 fully saturated rings. The van der Waals surface area contributed by atoms with E-state index in [1.807, 2.05) is 7.05 Å². The van der Waals surface area contributed by atoms with Crippen molar-refractivity contribution in [2.24, 2.45) is 0 Å². The van der Waals surface area contributed by atoms with Gasteiger partial charge in [0.15, 0.2) is 0 Å². The molecule has 0 amide bonds. The van der Waals surface area contributed by atoms with Crippen molar-refractivity contribution in [1.29, 1.82) is 0 Å². The molecule has 0 atom stereocenters. The molecule has 104 valence electrons. The Hall–Kier alpha value is -1.90. The summed E-state index contributed by atoms with van der Waals surface area (Å²) in [4.78, 5) is 8.84. The molecule has 0 saturated heterocycles. The third-order valence-electron chi connectivity index (χ3n) is 4.27. The van der Waals surface area contributed by atoms with Gasteiger partial charge in [-0.05, 0) is 36.8 Å². The zero-order valence-electron chi connectivity index (χ0n) is 12.2. The zero-order chi connectivity index (χ0) is 13.9. The zero-order valence-corrected chi connectivity index (χ0v) is 12.2. The Bertz CT molecular complexity index is 603. The number of nitrogens with zero attached hydrogens (tertiary/aromatic N) is 2. The maximum Gasteiger partial charge on any atom is 0.132 e. The second-order valence-electron chi connectivity index (χ2n) is 5.41. The van der Waals surface area contributed by atoms with E-state index in [1.54, 1.807) is 6.33 Å². The quantitative estimate of drug-likeness (QED) is 0.909. The standard InChI is InChI=1S/C17H21N3/c1-3-15-16(19-11-20-17(15)18-2)14-9-5-8-13(10-14)12-6-4-7-12/h5,8-12H,3-4,6-7H2,1-2H3,(H,18,19,20). The largest absolute Gasteiger partial charge is 0.373 e. The van der Waals surface area contributed by atoms with Crippen molar-refractivity contribution in [3.63, 3.8) is 0 Å². The molecule has 0 radical (unpaired) electrons. The highest BCUT2D eigenvalue weighted by atomic mass is 15.0. The summed E-state index contributed by atoms with van der Waals surface area (Å²) in [6.45, 7) is 2.15. The Balaban J connectivity index is 2.04. The number of nitrogens with one attached hydrogen (secondary N) is 1. The van der Waals surface area contributed by atoms with Crippen LogP contribution in [0.4, 0.5) is 5.82 Å². The van der Waals surface area contributed by atoms with Crippen LogP contribution in [0, 0.1) is 0 Å². The van der Waals surface area contributed by atoms with Crippen LogP contribution in [0.2, 0.25) is 0 Å². The van der Waals surface area contributed by atoms with Crippen LogP contribution in [0.1, 0.15) is 43.2 Å². The van der Waals surface area contributed by atoms with Gasteiger partial charge in [-0.3, -0.25) is 0 Å². The van der Waals surface area contributed by atoms with Gasteiger partial charge in [0.05, 0.1) is 5.69 Å². The number of aromatic nitrogens is 2. The van der Waals surface area contributed by atoms with Gasteiger partial charge < -0.3 is 5.32 Å². The fourth-order valence-corrected chi connectivity index (χ4v) is 2.89. The van der Waals surface area contributed by atoms with E-state index in [9.17, 15) is 0 Å². The molecule has 1 aromatic heterocycles. The third kappa shape index (κ3) is 2.28. The second-order valence-corrected chi connectivity index (χ2v) is 5.41. The van der Waals surface area contributed by atoms with E-state index in [-0.39, 0.29) is 0 Å². The number of hydrogen-bond acceptors (Lipinski definition) is 3. The Kier molecular flexibility index (Phi) is 3.68. The lowest BCUT2D eigenvalue weighted by molar-refractivity contribution is 0.420. The highest BCUT2D eigenvalue weighted by molar-refractivity contribution is 5.68. The average Bonchev–Trinajstić information content (AvgIpc) is 2.44. The van der Waals surface area contributed by atoms with E-state index >= 15 is 0 Å². The lowest BCUT2D eigenvalue weighted by Crippen LogP contribution is -2.08. The van der Waals surface area contributed by atoms with Crippen molar-refractivity contribution in [2.45, 2.75) is 38.5 Å². The van der Waals surface area contributed by atoms with Crippen molar-refractivity contribution in [1.82, 2.24) is 9.97 Å². The molecule has 0 bridgehead atoms. The fourth-order valence-electron chi connectivity index (χ4n) is 2.89. The lowest BCUT2D eigenvalue weighted by atomic mass is 9.79. The number of anilines is 1. The SMILES string of the molecule is CCc1c(NC)ncnc1-c1cccc(C2CCC2)c1. The van der Waals surface area contributed by atoms with Gasteiger partial charge in [-0.2, -0.15) is 0 Å². The minimum Gasteiger partial charge on any atom is -0.373 e. The van der Waals surface area contributed by atoms with Crippen LogP contribution in [0.15, 0.2) is 30.6 Å². The first-order chi connectivity index (χ1) is 9.83. The molecule has 1 N–H and O–H groups in total. The second kappa shape index (κ2) is 5.61. The topological polar surface area (TPSA) is 37.8 Å². The molecule has 0 aliphatic heterocycles. The van der Waals surface area contributed by atoms with Crippen molar-refractivity contribution in [2.75, 3.05) is 12.4 Å². The van der Waals surface area contributed by atoms with Crippen LogP contribution in [0.25, 0.3) is 11.3 Å². The molecule has 3 heteroatoms. The van der Waals surface area contributed by atoms with Gasteiger partial charge >= 0.3 is 0 Å². The van der Waals surface area contributed by atoms with E-state index in [4.69, 9.17) is 0 Å². The fraction of sp³-hybridized carbons (Fsp3) is 0.412. The summed E-state index contributed by atoms with van der Waals surface area (Å²) in [5, 5.41) is 3.17. The van der Waals surface area contributed by atoms with E-state index < -0.39 is 0 Å². The number of rotatable bonds is 4. The molecular weight excluding hydrogens is 246 g/mol. The summed E-state index contributed by atoms with van der Waals surface area (Å²) >= 11 is 0. The number of hydrogen-bond donors (Lipinski definition) is 1. The maximum atomic E-state index is 4.52. The summed E-state index contributed by atoms with van der Waals surface area (Å²) in [7, 11) is 1.91. The van der Waals surface area contributed by atoms with E-state index in [0.29, 0.717) is 0 Å². The van der Waals surface area contributed by atoms with E-state index in [0.717, 1.165) is 23.9 Å². The van der Waals surface area contributed by atoms with Crippen molar-refractivity contribution >= 4 is 5.82 Å². The van der Waals surface area contributed by atoms with E-state index in [1.165, 1.54) is 36.0 Å². The van der Waals surface area contributed by atoms with Crippen LogP contribution in [0.3, 0.4) is 0 Å². The normalized spacial score (nSPS) is 14.9. The van der Waals surface area contributed by atoms with Crippen LogP contribution >= 0.6 is 0 Å². The summed E-state index contributed by atoms with van der Waals surface area (Å²) < 4.78 is 0. The summed E-state index contributed by atoms with van der Waals surface area (Å²) in [5.41, 5.74) is 4.93. The van der Waals surface area contributed by atoms with Crippen LogP contribution in [0.5, 0.6) is 0 Å². The van der Waals surface area contributed by atoms with Crippen molar-refractivity contribution in [3.8, 4) is 11.3 Å². The summed E-state index contributed by atoms with van der Waals surface area (Å²) in [6.07, 6.45) is 6.61. The predicted molar refractivity (Wildman–Crippen MR) is 83.0 cm³/mol. The first kappa shape index (κ1) is 13.1. The summed E-state index contributed by atoms with van der Waals surface area (Å²) in [6, 6.07) is 8.87.